The minimum absolute atomic E-state index is 0.00373. The number of phenols is 1. The highest BCUT2D eigenvalue weighted by Gasteiger charge is 2.27. The summed E-state index contributed by atoms with van der Waals surface area (Å²) < 4.78 is 0. The molecule has 1 aliphatic heterocycles. The van der Waals surface area contributed by atoms with E-state index >= 15 is 0 Å². The van der Waals surface area contributed by atoms with Crippen molar-refractivity contribution < 1.29 is 15.1 Å². The lowest BCUT2D eigenvalue weighted by molar-refractivity contribution is 0.0731. The van der Waals surface area contributed by atoms with Gasteiger partial charge in [0.05, 0.1) is 11.3 Å². The standard InChI is InChI=1S/C13H15ClN2O3/c1-8-7-16(5-4-11(8)15-19)13(18)10-6-9(14)2-3-12(10)17/h2-3,6,8,17,19H,4-5,7H2,1H3/b15-11+. The molecule has 1 aliphatic rings. The van der Waals surface area contributed by atoms with Gasteiger partial charge in [-0.1, -0.05) is 23.7 Å². The minimum atomic E-state index is -0.260. The third-order valence-electron chi connectivity index (χ3n) is 3.31. The molecule has 1 unspecified atom stereocenters. The van der Waals surface area contributed by atoms with Gasteiger partial charge in [-0.2, -0.15) is 0 Å². The largest absolute Gasteiger partial charge is 0.507 e. The number of likely N-dealkylation sites (tertiary alicyclic amines) is 1. The van der Waals surface area contributed by atoms with E-state index in [9.17, 15) is 9.90 Å². The number of oxime groups is 1. The topological polar surface area (TPSA) is 73.1 Å². The first-order valence-electron chi connectivity index (χ1n) is 6.01. The monoisotopic (exact) mass is 282 g/mol. The summed E-state index contributed by atoms with van der Waals surface area (Å²) in [5.41, 5.74) is 0.892. The Balaban J connectivity index is 2.19. The predicted molar refractivity (Wildman–Crippen MR) is 72.0 cm³/mol. The summed E-state index contributed by atoms with van der Waals surface area (Å²) in [6.07, 6.45) is 0.532. The van der Waals surface area contributed by atoms with Crippen LogP contribution in [0, 0.1) is 5.92 Å². The summed E-state index contributed by atoms with van der Waals surface area (Å²) in [6.45, 7) is 2.82. The fraction of sp³-hybridized carbons (Fsp3) is 0.385. The van der Waals surface area contributed by atoms with Crippen molar-refractivity contribution in [3.8, 4) is 5.75 Å². The van der Waals surface area contributed by atoms with Crippen molar-refractivity contribution >= 4 is 23.2 Å². The van der Waals surface area contributed by atoms with E-state index in [1.165, 1.54) is 18.2 Å². The summed E-state index contributed by atoms with van der Waals surface area (Å²) >= 11 is 5.84. The Morgan fingerprint density at radius 3 is 2.89 bits per heavy atom. The Morgan fingerprint density at radius 1 is 1.53 bits per heavy atom. The molecule has 0 radical (unpaired) electrons. The molecule has 1 amide bonds. The average Bonchev–Trinajstić information content (AvgIpc) is 2.40. The first kappa shape index (κ1) is 13.7. The number of benzene rings is 1. The number of piperidine rings is 1. The number of aromatic hydroxyl groups is 1. The molecule has 1 heterocycles. The highest BCUT2D eigenvalue weighted by Crippen LogP contribution is 2.25. The third kappa shape index (κ3) is 2.81. The van der Waals surface area contributed by atoms with Crippen LogP contribution in [0.1, 0.15) is 23.7 Å². The van der Waals surface area contributed by atoms with Crippen molar-refractivity contribution in [1.82, 2.24) is 4.90 Å². The highest BCUT2D eigenvalue weighted by molar-refractivity contribution is 6.31. The second-order valence-electron chi connectivity index (χ2n) is 4.66. The Labute approximate surface area is 116 Å². The predicted octanol–water partition coefficient (Wildman–Crippen LogP) is 2.36. The SMILES string of the molecule is CC1CN(C(=O)c2cc(Cl)ccc2O)CC/C1=N\O. The van der Waals surface area contributed by atoms with Gasteiger partial charge in [0, 0.05) is 30.5 Å². The van der Waals surface area contributed by atoms with Crippen LogP contribution in [0.25, 0.3) is 0 Å². The maximum atomic E-state index is 12.3. The molecule has 6 heteroatoms. The van der Waals surface area contributed by atoms with Crippen LogP contribution in [0.3, 0.4) is 0 Å². The normalized spacial score (nSPS) is 21.7. The fourth-order valence-corrected chi connectivity index (χ4v) is 2.38. The van der Waals surface area contributed by atoms with Gasteiger partial charge in [0.25, 0.3) is 5.91 Å². The molecule has 0 bridgehead atoms. The molecule has 1 aromatic rings. The summed E-state index contributed by atoms with van der Waals surface area (Å²) in [6, 6.07) is 4.39. The zero-order valence-corrected chi connectivity index (χ0v) is 11.3. The second-order valence-corrected chi connectivity index (χ2v) is 5.09. The minimum Gasteiger partial charge on any atom is -0.507 e. The molecule has 0 saturated carbocycles. The van der Waals surface area contributed by atoms with Crippen LogP contribution in [0.5, 0.6) is 5.75 Å². The number of carbonyl (C=O) groups excluding carboxylic acids is 1. The van der Waals surface area contributed by atoms with E-state index in [1.54, 1.807) is 4.90 Å². The molecular formula is C13H15ClN2O3. The fourth-order valence-electron chi connectivity index (χ4n) is 2.21. The molecule has 19 heavy (non-hydrogen) atoms. The van der Waals surface area contributed by atoms with Crippen LogP contribution in [-0.2, 0) is 0 Å². The lowest BCUT2D eigenvalue weighted by Gasteiger charge is -2.31. The summed E-state index contributed by atoms with van der Waals surface area (Å²) in [5, 5.41) is 22.2. The van der Waals surface area contributed by atoms with Crippen LogP contribution < -0.4 is 0 Å². The molecule has 2 rings (SSSR count). The smallest absolute Gasteiger partial charge is 0.257 e. The molecule has 1 fully saturated rings. The molecule has 1 atom stereocenters. The lowest BCUT2D eigenvalue weighted by atomic mass is 9.97. The van der Waals surface area contributed by atoms with E-state index in [-0.39, 0.29) is 23.1 Å². The lowest BCUT2D eigenvalue weighted by Crippen LogP contribution is -2.43. The van der Waals surface area contributed by atoms with Crippen LogP contribution in [0.2, 0.25) is 5.02 Å². The Hall–Kier alpha value is -1.75. The molecule has 0 aliphatic carbocycles. The first-order valence-corrected chi connectivity index (χ1v) is 6.39. The second kappa shape index (κ2) is 5.48. The summed E-state index contributed by atoms with van der Waals surface area (Å²) in [5.74, 6) is -0.337. The van der Waals surface area contributed by atoms with Gasteiger partial charge in [-0.15, -0.1) is 0 Å². The Morgan fingerprint density at radius 2 is 2.26 bits per heavy atom. The first-order chi connectivity index (χ1) is 9.02. The molecule has 0 spiro atoms. The zero-order valence-electron chi connectivity index (χ0n) is 10.5. The van der Waals surface area contributed by atoms with Crippen LogP contribution in [-0.4, -0.2) is 39.9 Å². The number of halogens is 1. The zero-order chi connectivity index (χ0) is 14.0. The van der Waals surface area contributed by atoms with Gasteiger partial charge in [-0.3, -0.25) is 4.79 Å². The third-order valence-corrected chi connectivity index (χ3v) is 3.54. The van der Waals surface area contributed by atoms with Gasteiger partial charge in [0.1, 0.15) is 5.75 Å². The van der Waals surface area contributed by atoms with E-state index in [1.807, 2.05) is 6.92 Å². The maximum Gasteiger partial charge on any atom is 0.257 e. The van der Waals surface area contributed by atoms with Gasteiger partial charge in [-0.25, -0.2) is 0 Å². The molecular weight excluding hydrogens is 268 g/mol. The Kier molecular flexibility index (Phi) is 3.95. The van der Waals surface area contributed by atoms with Crippen LogP contribution in [0.15, 0.2) is 23.4 Å². The number of phenolic OH excluding ortho intramolecular Hbond substituents is 1. The van der Waals surface area contributed by atoms with Crippen molar-refractivity contribution in [1.29, 1.82) is 0 Å². The number of hydrogen-bond acceptors (Lipinski definition) is 4. The van der Waals surface area contributed by atoms with Crippen molar-refractivity contribution in [2.75, 3.05) is 13.1 Å². The van der Waals surface area contributed by atoms with E-state index in [0.717, 1.165) is 0 Å². The summed E-state index contributed by atoms with van der Waals surface area (Å²) in [7, 11) is 0. The quantitative estimate of drug-likeness (QED) is 0.613. The highest BCUT2D eigenvalue weighted by atomic mass is 35.5. The van der Waals surface area contributed by atoms with Gasteiger partial charge >= 0.3 is 0 Å². The number of amides is 1. The number of nitrogens with zero attached hydrogens (tertiary/aromatic N) is 2. The molecule has 2 N–H and O–H groups in total. The Bertz CT molecular complexity index is 531. The molecule has 102 valence electrons. The average molecular weight is 283 g/mol. The van der Waals surface area contributed by atoms with Crippen LogP contribution in [0.4, 0.5) is 0 Å². The van der Waals surface area contributed by atoms with E-state index in [0.29, 0.717) is 30.2 Å². The summed E-state index contributed by atoms with van der Waals surface area (Å²) in [4.78, 5) is 13.9. The molecule has 1 saturated heterocycles. The number of carbonyl (C=O) groups is 1. The number of rotatable bonds is 1. The van der Waals surface area contributed by atoms with E-state index in [4.69, 9.17) is 16.8 Å². The van der Waals surface area contributed by atoms with E-state index < -0.39 is 0 Å². The van der Waals surface area contributed by atoms with Gasteiger partial charge < -0.3 is 15.2 Å². The van der Waals surface area contributed by atoms with Crippen molar-refractivity contribution in [3.05, 3.63) is 28.8 Å². The van der Waals surface area contributed by atoms with Crippen molar-refractivity contribution in [2.24, 2.45) is 11.1 Å². The molecule has 5 nitrogen and oxygen atoms in total. The van der Waals surface area contributed by atoms with Crippen molar-refractivity contribution in [3.63, 3.8) is 0 Å². The number of hydrogen-bond donors (Lipinski definition) is 2. The van der Waals surface area contributed by atoms with Crippen LogP contribution >= 0.6 is 11.6 Å². The van der Waals surface area contributed by atoms with E-state index in [2.05, 4.69) is 5.16 Å². The van der Waals surface area contributed by atoms with Gasteiger partial charge in [0.15, 0.2) is 0 Å². The van der Waals surface area contributed by atoms with Crippen molar-refractivity contribution in [2.45, 2.75) is 13.3 Å². The van der Waals surface area contributed by atoms with Gasteiger partial charge in [0.2, 0.25) is 0 Å². The van der Waals surface area contributed by atoms with Gasteiger partial charge in [-0.05, 0) is 18.2 Å². The molecule has 0 aromatic heterocycles. The maximum absolute atomic E-state index is 12.3. The molecule has 1 aromatic carbocycles.